The number of esters is 1. The molecule has 0 spiro atoms. The molecule has 1 aromatic heterocycles. The quantitative estimate of drug-likeness (QED) is 0.696. The zero-order chi connectivity index (χ0) is 13.3. The Kier molecular flexibility index (Phi) is 6.04. The largest absolute Gasteiger partial charge is 0.468 e. The third-order valence-electron chi connectivity index (χ3n) is 2.74. The van der Waals surface area contributed by atoms with Crippen molar-refractivity contribution in [3.8, 4) is 0 Å². The number of nitrogens with two attached hydrogens (primary N) is 1. The van der Waals surface area contributed by atoms with Crippen LogP contribution in [0.15, 0.2) is 27.3 Å². The van der Waals surface area contributed by atoms with E-state index in [1.807, 2.05) is 18.2 Å². The minimum Gasteiger partial charge on any atom is -0.468 e. The Hall–Kier alpha value is -0.370. The third kappa shape index (κ3) is 3.59. The SMILES string of the molecule is Br.COC(=O)[C@@H](N)Cc1c(Br)[nH]c2ccc(Br)cc12. The van der Waals surface area contributed by atoms with Crippen molar-refractivity contribution in [2.45, 2.75) is 12.5 Å². The van der Waals surface area contributed by atoms with Gasteiger partial charge in [-0.1, -0.05) is 15.9 Å². The van der Waals surface area contributed by atoms with Crippen LogP contribution in [0.5, 0.6) is 0 Å². The first kappa shape index (κ1) is 16.7. The molecule has 0 saturated carbocycles. The maximum atomic E-state index is 11.4. The van der Waals surface area contributed by atoms with Crippen LogP contribution in [0.3, 0.4) is 0 Å². The molecule has 2 rings (SSSR count). The smallest absolute Gasteiger partial charge is 0.322 e. The van der Waals surface area contributed by atoms with Crippen molar-refractivity contribution in [1.82, 2.24) is 4.98 Å². The number of halogens is 3. The molecule has 3 N–H and O–H groups in total. The van der Waals surface area contributed by atoms with Gasteiger partial charge in [0.2, 0.25) is 0 Å². The van der Waals surface area contributed by atoms with Crippen molar-refractivity contribution >= 4 is 65.7 Å². The summed E-state index contributed by atoms with van der Waals surface area (Å²) in [6.45, 7) is 0. The minimum absolute atomic E-state index is 0. The van der Waals surface area contributed by atoms with E-state index in [1.165, 1.54) is 7.11 Å². The summed E-state index contributed by atoms with van der Waals surface area (Å²) in [5.74, 6) is -0.411. The van der Waals surface area contributed by atoms with Crippen molar-refractivity contribution in [3.05, 3.63) is 32.8 Å². The zero-order valence-corrected chi connectivity index (χ0v) is 15.0. The van der Waals surface area contributed by atoms with Gasteiger partial charge in [0.1, 0.15) is 6.04 Å². The summed E-state index contributed by atoms with van der Waals surface area (Å²) in [4.78, 5) is 14.6. The van der Waals surface area contributed by atoms with Gasteiger partial charge in [-0.15, -0.1) is 17.0 Å². The topological polar surface area (TPSA) is 68.1 Å². The second-order valence-corrected chi connectivity index (χ2v) is 5.65. The average Bonchev–Trinajstić information content (AvgIpc) is 2.65. The van der Waals surface area contributed by atoms with Gasteiger partial charge in [-0.25, -0.2) is 0 Å². The molecule has 0 unspecified atom stereocenters. The van der Waals surface area contributed by atoms with Gasteiger partial charge in [-0.05, 0) is 39.7 Å². The molecule has 19 heavy (non-hydrogen) atoms. The van der Waals surface area contributed by atoms with Crippen LogP contribution in [0.1, 0.15) is 5.56 Å². The van der Waals surface area contributed by atoms with Gasteiger partial charge >= 0.3 is 5.97 Å². The Bertz CT molecular complexity index is 598. The van der Waals surface area contributed by atoms with Crippen molar-refractivity contribution in [2.75, 3.05) is 7.11 Å². The van der Waals surface area contributed by atoms with Crippen LogP contribution < -0.4 is 5.73 Å². The fourth-order valence-electron chi connectivity index (χ4n) is 1.84. The van der Waals surface area contributed by atoms with Gasteiger partial charge < -0.3 is 15.5 Å². The molecular weight excluding hydrogens is 444 g/mol. The van der Waals surface area contributed by atoms with E-state index in [0.717, 1.165) is 25.5 Å². The highest BCUT2D eigenvalue weighted by atomic mass is 79.9. The maximum Gasteiger partial charge on any atom is 0.322 e. The summed E-state index contributed by atoms with van der Waals surface area (Å²) in [6.07, 6.45) is 0.420. The van der Waals surface area contributed by atoms with Crippen molar-refractivity contribution in [2.24, 2.45) is 5.73 Å². The number of rotatable bonds is 3. The first-order chi connectivity index (χ1) is 8.52. The predicted octanol–water partition coefficient (Wildman–Crippen LogP) is 3.31. The molecule has 2 aromatic rings. The average molecular weight is 457 g/mol. The first-order valence-electron chi connectivity index (χ1n) is 5.32. The van der Waals surface area contributed by atoms with E-state index in [4.69, 9.17) is 5.73 Å². The summed E-state index contributed by atoms with van der Waals surface area (Å²) in [7, 11) is 1.34. The van der Waals surface area contributed by atoms with Gasteiger partial charge in [-0.2, -0.15) is 0 Å². The summed E-state index contributed by atoms with van der Waals surface area (Å²) in [5.41, 5.74) is 7.77. The van der Waals surface area contributed by atoms with E-state index in [-0.39, 0.29) is 17.0 Å². The van der Waals surface area contributed by atoms with Gasteiger partial charge in [0, 0.05) is 21.8 Å². The lowest BCUT2D eigenvalue weighted by Crippen LogP contribution is -2.33. The molecule has 4 nitrogen and oxygen atoms in total. The number of fused-ring (bicyclic) bond motifs is 1. The number of methoxy groups -OCH3 is 1. The Morgan fingerprint density at radius 2 is 2.16 bits per heavy atom. The summed E-state index contributed by atoms with van der Waals surface area (Å²) < 4.78 is 6.46. The molecule has 0 amide bonds. The molecule has 0 fully saturated rings. The van der Waals surface area contributed by atoms with E-state index in [1.54, 1.807) is 0 Å². The predicted molar refractivity (Wildman–Crippen MR) is 87.7 cm³/mol. The lowest BCUT2D eigenvalue weighted by atomic mass is 10.1. The Morgan fingerprint density at radius 3 is 2.79 bits per heavy atom. The normalized spacial score (nSPS) is 12.0. The van der Waals surface area contributed by atoms with Gasteiger partial charge in [0.15, 0.2) is 0 Å². The number of nitrogens with one attached hydrogen (secondary N) is 1. The molecule has 0 radical (unpaired) electrons. The van der Waals surface area contributed by atoms with Crippen molar-refractivity contribution < 1.29 is 9.53 Å². The number of aromatic amines is 1. The molecule has 0 aliphatic carbocycles. The number of benzene rings is 1. The molecule has 1 aromatic carbocycles. The van der Waals surface area contributed by atoms with E-state index in [2.05, 4.69) is 41.6 Å². The molecule has 0 saturated heterocycles. The fourth-order valence-corrected chi connectivity index (χ4v) is 2.79. The second kappa shape index (κ2) is 6.88. The molecule has 104 valence electrons. The van der Waals surface area contributed by atoms with Crippen LogP contribution in [0.25, 0.3) is 10.9 Å². The molecule has 0 aliphatic heterocycles. The molecule has 0 aliphatic rings. The second-order valence-electron chi connectivity index (χ2n) is 3.94. The molecule has 1 atom stereocenters. The number of carbonyl (C=O) groups excluding carboxylic acids is 1. The first-order valence-corrected chi connectivity index (χ1v) is 6.90. The number of hydrogen-bond acceptors (Lipinski definition) is 3. The number of hydrogen-bond donors (Lipinski definition) is 2. The van der Waals surface area contributed by atoms with Crippen LogP contribution in [-0.2, 0) is 16.0 Å². The van der Waals surface area contributed by atoms with Crippen molar-refractivity contribution in [3.63, 3.8) is 0 Å². The summed E-state index contributed by atoms with van der Waals surface area (Å²) in [6, 6.07) is 5.26. The van der Waals surface area contributed by atoms with Gasteiger partial charge in [0.25, 0.3) is 0 Å². The fraction of sp³-hybridized carbons (Fsp3) is 0.250. The summed E-state index contributed by atoms with van der Waals surface area (Å²) >= 11 is 6.89. The molecule has 1 heterocycles. The Morgan fingerprint density at radius 1 is 1.47 bits per heavy atom. The van der Waals surface area contributed by atoms with Gasteiger partial charge in [-0.3, -0.25) is 4.79 Å². The minimum atomic E-state index is -0.663. The lowest BCUT2D eigenvalue weighted by molar-refractivity contribution is -0.142. The lowest BCUT2D eigenvalue weighted by Gasteiger charge is -2.08. The monoisotopic (exact) mass is 454 g/mol. The van der Waals surface area contributed by atoms with Gasteiger partial charge in [0.05, 0.1) is 11.7 Å². The number of ether oxygens (including phenoxy) is 1. The van der Waals surface area contributed by atoms with Crippen LogP contribution in [0.4, 0.5) is 0 Å². The van der Waals surface area contributed by atoms with Crippen molar-refractivity contribution in [1.29, 1.82) is 0 Å². The van der Waals surface area contributed by atoms with Crippen LogP contribution >= 0.6 is 48.8 Å². The highest BCUT2D eigenvalue weighted by molar-refractivity contribution is 9.10. The van der Waals surface area contributed by atoms with E-state index in [0.29, 0.717) is 6.42 Å². The standard InChI is InChI=1S/C12H12Br2N2O2.BrH/c1-18-12(17)9(15)5-8-7-4-6(13)2-3-10(7)16-11(8)14;/h2-4,9,16H,5,15H2,1H3;1H/t9-;/m0./s1. The molecule has 0 bridgehead atoms. The highest BCUT2D eigenvalue weighted by Gasteiger charge is 2.19. The number of aromatic nitrogens is 1. The van der Waals surface area contributed by atoms with E-state index < -0.39 is 12.0 Å². The van der Waals surface area contributed by atoms with E-state index in [9.17, 15) is 4.79 Å². The zero-order valence-electron chi connectivity index (χ0n) is 10.1. The maximum absolute atomic E-state index is 11.4. The highest BCUT2D eigenvalue weighted by Crippen LogP contribution is 2.29. The number of H-pyrrole nitrogens is 1. The third-order valence-corrected chi connectivity index (χ3v) is 3.91. The van der Waals surface area contributed by atoms with Crippen LogP contribution in [-0.4, -0.2) is 24.1 Å². The number of carbonyl (C=O) groups is 1. The summed E-state index contributed by atoms with van der Waals surface area (Å²) in [5, 5.41) is 1.04. The van der Waals surface area contributed by atoms with Crippen LogP contribution in [0.2, 0.25) is 0 Å². The van der Waals surface area contributed by atoms with E-state index >= 15 is 0 Å². The molecule has 7 heteroatoms. The Labute approximate surface area is 138 Å². The molecular formula is C12H13Br3N2O2. The Balaban J connectivity index is 0.00000180. The van der Waals surface area contributed by atoms with Crippen LogP contribution in [0, 0.1) is 0 Å².